The fourth-order valence-corrected chi connectivity index (χ4v) is 1.46. The predicted octanol–water partition coefficient (Wildman–Crippen LogP) is 1.61. The van der Waals surface area contributed by atoms with Gasteiger partial charge in [-0.1, -0.05) is 16.4 Å². The van der Waals surface area contributed by atoms with Crippen molar-refractivity contribution in [1.29, 1.82) is 0 Å². The van der Waals surface area contributed by atoms with E-state index in [1.165, 1.54) is 0 Å². The standard InChI is InChI=1S/C11H11N3O4/c1-6-7(17-2)4-3-5-8(6)18-10-9(11(15)16)12-14-13-10/h3-5H,1-2H3,(H,15,16)(H,12,13,14). The van der Waals surface area contributed by atoms with Crippen LogP contribution in [0.15, 0.2) is 18.2 Å². The monoisotopic (exact) mass is 249 g/mol. The predicted molar refractivity (Wildman–Crippen MR) is 61.1 cm³/mol. The van der Waals surface area contributed by atoms with E-state index in [0.29, 0.717) is 11.5 Å². The Morgan fingerprint density at radius 1 is 1.39 bits per heavy atom. The fourth-order valence-electron chi connectivity index (χ4n) is 1.46. The molecule has 7 heteroatoms. The molecule has 0 radical (unpaired) electrons. The Labute approximate surface area is 102 Å². The molecule has 0 saturated heterocycles. The first kappa shape index (κ1) is 11.9. The molecule has 2 rings (SSSR count). The average molecular weight is 249 g/mol. The van der Waals surface area contributed by atoms with Crippen molar-refractivity contribution in [3.8, 4) is 17.4 Å². The summed E-state index contributed by atoms with van der Waals surface area (Å²) in [7, 11) is 1.55. The molecule has 0 bridgehead atoms. The molecule has 0 unspecified atom stereocenters. The number of H-pyrrole nitrogens is 1. The van der Waals surface area contributed by atoms with Crippen LogP contribution in [0.25, 0.3) is 0 Å². The van der Waals surface area contributed by atoms with Crippen LogP contribution >= 0.6 is 0 Å². The van der Waals surface area contributed by atoms with Crippen molar-refractivity contribution in [2.24, 2.45) is 0 Å². The minimum absolute atomic E-state index is 0.0844. The largest absolute Gasteiger partial charge is 0.496 e. The highest BCUT2D eigenvalue weighted by molar-refractivity contribution is 5.87. The van der Waals surface area contributed by atoms with Gasteiger partial charge in [-0.05, 0) is 19.1 Å². The summed E-state index contributed by atoms with van der Waals surface area (Å²) in [5, 5.41) is 18.1. The second-order valence-electron chi connectivity index (χ2n) is 3.48. The third-order valence-electron chi connectivity index (χ3n) is 2.39. The van der Waals surface area contributed by atoms with Gasteiger partial charge < -0.3 is 14.6 Å². The van der Waals surface area contributed by atoms with Gasteiger partial charge in [0, 0.05) is 5.56 Å². The molecule has 0 spiro atoms. The van der Waals surface area contributed by atoms with E-state index in [1.807, 2.05) is 0 Å². The minimum atomic E-state index is -1.18. The highest BCUT2D eigenvalue weighted by Crippen LogP contribution is 2.30. The zero-order valence-corrected chi connectivity index (χ0v) is 9.80. The molecule has 0 aliphatic rings. The Balaban J connectivity index is 2.34. The topological polar surface area (TPSA) is 97.3 Å². The molecule has 18 heavy (non-hydrogen) atoms. The van der Waals surface area contributed by atoms with Crippen LogP contribution in [0.1, 0.15) is 16.1 Å². The number of nitrogens with zero attached hydrogens (tertiary/aromatic N) is 2. The number of methoxy groups -OCH3 is 1. The lowest BCUT2D eigenvalue weighted by atomic mass is 10.2. The quantitative estimate of drug-likeness (QED) is 0.854. The molecule has 0 fully saturated rings. The van der Waals surface area contributed by atoms with Gasteiger partial charge >= 0.3 is 5.97 Å². The maximum absolute atomic E-state index is 10.9. The zero-order valence-electron chi connectivity index (χ0n) is 9.80. The second kappa shape index (κ2) is 4.74. The van der Waals surface area contributed by atoms with Crippen molar-refractivity contribution < 1.29 is 19.4 Å². The number of benzene rings is 1. The van der Waals surface area contributed by atoms with Gasteiger partial charge in [0.1, 0.15) is 11.5 Å². The lowest BCUT2D eigenvalue weighted by molar-refractivity contribution is 0.0687. The van der Waals surface area contributed by atoms with Crippen LogP contribution in [-0.4, -0.2) is 33.6 Å². The van der Waals surface area contributed by atoms with Gasteiger partial charge in [0.05, 0.1) is 7.11 Å². The molecule has 0 atom stereocenters. The van der Waals surface area contributed by atoms with Crippen LogP contribution in [0.4, 0.5) is 0 Å². The van der Waals surface area contributed by atoms with Crippen molar-refractivity contribution in [3.05, 3.63) is 29.5 Å². The molecule has 0 amide bonds. The van der Waals surface area contributed by atoms with Crippen LogP contribution in [0.5, 0.6) is 17.4 Å². The summed E-state index contributed by atoms with van der Waals surface area (Å²) < 4.78 is 10.6. The maximum Gasteiger partial charge on any atom is 0.359 e. The molecule has 2 N–H and O–H groups in total. The third kappa shape index (κ3) is 2.10. The lowest BCUT2D eigenvalue weighted by Crippen LogP contribution is -2.00. The highest BCUT2D eigenvalue weighted by atomic mass is 16.5. The van der Waals surface area contributed by atoms with E-state index in [2.05, 4.69) is 15.4 Å². The Morgan fingerprint density at radius 2 is 2.11 bits per heavy atom. The summed E-state index contributed by atoms with van der Waals surface area (Å²) in [5.41, 5.74) is 0.552. The maximum atomic E-state index is 10.9. The molecule has 1 aromatic heterocycles. The summed E-state index contributed by atoms with van der Waals surface area (Å²) in [5.74, 6) is -0.159. The first-order chi connectivity index (χ1) is 8.63. The van der Waals surface area contributed by atoms with Gasteiger partial charge in [-0.25, -0.2) is 9.89 Å². The number of nitrogens with one attached hydrogen (secondary N) is 1. The summed E-state index contributed by atoms with van der Waals surface area (Å²) in [6, 6.07) is 5.21. The van der Waals surface area contributed by atoms with Crippen LogP contribution < -0.4 is 9.47 Å². The molecule has 2 aromatic rings. The molecule has 1 heterocycles. The zero-order chi connectivity index (χ0) is 13.1. The number of aromatic carboxylic acids is 1. The van der Waals surface area contributed by atoms with Gasteiger partial charge in [0.25, 0.3) is 5.88 Å². The highest BCUT2D eigenvalue weighted by Gasteiger charge is 2.17. The van der Waals surface area contributed by atoms with E-state index in [0.717, 1.165) is 5.56 Å². The summed E-state index contributed by atoms with van der Waals surface area (Å²) in [6.45, 7) is 1.80. The number of hydrogen-bond acceptors (Lipinski definition) is 5. The fraction of sp³-hybridized carbons (Fsp3) is 0.182. The molecule has 7 nitrogen and oxygen atoms in total. The number of carbonyl (C=O) groups is 1. The molecule has 0 aliphatic carbocycles. The Bertz CT molecular complexity index is 579. The first-order valence-corrected chi connectivity index (χ1v) is 5.09. The van der Waals surface area contributed by atoms with Crippen molar-refractivity contribution in [2.45, 2.75) is 6.92 Å². The summed E-state index contributed by atoms with van der Waals surface area (Å²) >= 11 is 0. The van der Waals surface area contributed by atoms with Crippen molar-refractivity contribution in [1.82, 2.24) is 15.4 Å². The molecule has 0 aliphatic heterocycles. The van der Waals surface area contributed by atoms with Crippen molar-refractivity contribution in [3.63, 3.8) is 0 Å². The summed E-state index contributed by atoms with van der Waals surface area (Å²) in [4.78, 5) is 10.9. The van der Waals surface area contributed by atoms with Crippen LogP contribution in [0.3, 0.4) is 0 Å². The third-order valence-corrected chi connectivity index (χ3v) is 2.39. The van der Waals surface area contributed by atoms with Crippen molar-refractivity contribution >= 4 is 5.97 Å². The summed E-state index contributed by atoms with van der Waals surface area (Å²) in [6.07, 6.45) is 0. The van der Waals surface area contributed by atoms with E-state index >= 15 is 0 Å². The van der Waals surface area contributed by atoms with E-state index in [-0.39, 0.29) is 11.6 Å². The Hall–Kier alpha value is -2.57. The number of aromatic amines is 1. The Morgan fingerprint density at radius 3 is 2.78 bits per heavy atom. The smallest absolute Gasteiger partial charge is 0.359 e. The van der Waals surface area contributed by atoms with Gasteiger partial charge in [-0.15, -0.1) is 0 Å². The first-order valence-electron chi connectivity index (χ1n) is 5.09. The van der Waals surface area contributed by atoms with E-state index in [1.54, 1.807) is 32.2 Å². The number of carboxylic acid groups (broad SMARTS) is 1. The number of hydrogen-bond donors (Lipinski definition) is 2. The molecule has 1 aromatic carbocycles. The molecular weight excluding hydrogens is 238 g/mol. The normalized spacial score (nSPS) is 10.1. The van der Waals surface area contributed by atoms with Gasteiger partial charge in [-0.3, -0.25) is 0 Å². The van der Waals surface area contributed by atoms with E-state index in [4.69, 9.17) is 14.6 Å². The average Bonchev–Trinajstić information content (AvgIpc) is 2.80. The van der Waals surface area contributed by atoms with Crippen LogP contribution in [0.2, 0.25) is 0 Å². The molecule has 0 saturated carbocycles. The molecular formula is C11H11N3O4. The Kier molecular flexibility index (Phi) is 3.13. The van der Waals surface area contributed by atoms with Crippen molar-refractivity contribution in [2.75, 3.05) is 7.11 Å². The second-order valence-corrected chi connectivity index (χ2v) is 3.48. The van der Waals surface area contributed by atoms with E-state index < -0.39 is 5.97 Å². The van der Waals surface area contributed by atoms with Gasteiger partial charge in [0.2, 0.25) is 5.69 Å². The minimum Gasteiger partial charge on any atom is -0.496 e. The van der Waals surface area contributed by atoms with E-state index in [9.17, 15) is 4.79 Å². The number of aromatic nitrogens is 3. The number of ether oxygens (including phenoxy) is 2. The number of carboxylic acids is 1. The van der Waals surface area contributed by atoms with Crippen LogP contribution in [-0.2, 0) is 0 Å². The number of rotatable bonds is 4. The van der Waals surface area contributed by atoms with Gasteiger partial charge in [-0.2, -0.15) is 0 Å². The SMILES string of the molecule is COc1cccc(Oc2nn[nH]c2C(=O)O)c1C. The lowest BCUT2D eigenvalue weighted by Gasteiger charge is -2.09. The van der Waals surface area contributed by atoms with Gasteiger partial charge in [0.15, 0.2) is 0 Å². The van der Waals surface area contributed by atoms with Crippen LogP contribution in [0, 0.1) is 6.92 Å². The molecule has 94 valence electrons.